The highest BCUT2D eigenvalue weighted by Crippen LogP contribution is 2.17. The van der Waals surface area contributed by atoms with E-state index in [2.05, 4.69) is 33.2 Å². The zero-order chi connectivity index (χ0) is 15.8. The number of anilines is 1. The lowest BCUT2D eigenvalue weighted by Crippen LogP contribution is -2.36. The Bertz CT molecular complexity index is 504. The number of ether oxygens (including phenoxy) is 1. The molecule has 0 atom stereocenters. The number of amides is 2. The van der Waals surface area contributed by atoms with Gasteiger partial charge >= 0.3 is 11.8 Å². The number of nitrogens with one attached hydrogen (secondary N) is 2. The molecule has 0 aliphatic carbocycles. The van der Waals surface area contributed by atoms with Crippen molar-refractivity contribution >= 4 is 40.1 Å². The monoisotopic (exact) mass is 404 g/mol. The zero-order valence-corrected chi connectivity index (χ0v) is 14.7. The van der Waals surface area contributed by atoms with E-state index >= 15 is 0 Å². The van der Waals surface area contributed by atoms with Crippen molar-refractivity contribution in [2.75, 3.05) is 18.5 Å². The van der Waals surface area contributed by atoms with Gasteiger partial charge in [0.2, 0.25) is 0 Å². The molecule has 2 N–H and O–H groups in total. The highest BCUT2D eigenvalue weighted by Gasteiger charge is 2.14. The molecular weight excluding hydrogens is 383 g/mol. The number of hydrogen-bond donors (Lipinski definition) is 2. The summed E-state index contributed by atoms with van der Waals surface area (Å²) in [5.41, 5.74) is 1.58. The maximum atomic E-state index is 11.8. The van der Waals surface area contributed by atoms with Crippen molar-refractivity contribution in [2.45, 2.75) is 33.3 Å². The first-order chi connectivity index (χ1) is 9.90. The molecule has 0 unspecified atom stereocenters. The topological polar surface area (TPSA) is 67.4 Å². The van der Waals surface area contributed by atoms with E-state index in [-0.39, 0.29) is 6.10 Å². The molecule has 0 heterocycles. The molecule has 21 heavy (non-hydrogen) atoms. The molecule has 0 saturated carbocycles. The van der Waals surface area contributed by atoms with E-state index in [9.17, 15) is 9.59 Å². The van der Waals surface area contributed by atoms with Crippen molar-refractivity contribution in [3.8, 4) is 0 Å². The van der Waals surface area contributed by atoms with E-state index in [0.29, 0.717) is 25.3 Å². The highest BCUT2D eigenvalue weighted by atomic mass is 127. The Hall–Kier alpha value is -1.15. The summed E-state index contributed by atoms with van der Waals surface area (Å²) in [6, 6.07) is 5.61. The Morgan fingerprint density at radius 2 is 2.00 bits per heavy atom. The molecule has 116 valence electrons. The van der Waals surface area contributed by atoms with Gasteiger partial charge in [-0.15, -0.1) is 0 Å². The van der Waals surface area contributed by atoms with Crippen LogP contribution in [0.25, 0.3) is 0 Å². The lowest BCUT2D eigenvalue weighted by Gasteiger charge is -2.10. The minimum atomic E-state index is -0.649. The normalized spacial score (nSPS) is 10.5. The van der Waals surface area contributed by atoms with Gasteiger partial charge in [0, 0.05) is 22.4 Å². The number of rotatable bonds is 6. The van der Waals surface area contributed by atoms with Crippen LogP contribution in [0.1, 0.15) is 25.8 Å². The molecule has 0 spiro atoms. The second-order valence-electron chi connectivity index (χ2n) is 4.94. The quantitative estimate of drug-likeness (QED) is 0.435. The number of carbonyl (C=O) groups is 2. The molecule has 1 aromatic rings. The van der Waals surface area contributed by atoms with E-state index in [1.165, 1.54) is 0 Å². The second kappa shape index (κ2) is 8.99. The lowest BCUT2D eigenvalue weighted by atomic mass is 10.2. The van der Waals surface area contributed by atoms with Crippen LogP contribution in [0.15, 0.2) is 18.2 Å². The van der Waals surface area contributed by atoms with Crippen molar-refractivity contribution in [1.29, 1.82) is 0 Å². The standard InChI is InChI=1S/C15H21IN2O3/c1-10(2)21-8-4-7-17-14(19)15(20)18-13-6-5-12(16)9-11(13)3/h5-6,9-10H,4,7-8H2,1-3H3,(H,17,19)(H,18,20). The molecule has 0 saturated heterocycles. The van der Waals surface area contributed by atoms with Crippen LogP contribution in [-0.4, -0.2) is 31.1 Å². The van der Waals surface area contributed by atoms with Crippen LogP contribution in [0.2, 0.25) is 0 Å². The van der Waals surface area contributed by atoms with Gasteiger partial charge in [-0.1, -0.05) is 0 Å². The minimum absolute atomic E-state index is 0.174. The number of benzene rings is 1. The first kappa shape index (κ1) is 17.9. The summed E-state index contributed by atoms with van der Waals surface area (Å²) >= 11 is 2.20. The molecule has 0 radical (unpaired) electrons. The zero-order valence-electron chi connectivity index (χ0n) is 12.5. The maximum absolute atomic E-state index is 11.8. The predicted molar refractivity (Wildman–Crippen MR) is 91.2 cm³/mol. The molecule has 5 nitrogen and oxygen atoms in total. The van der Waals surface area contributed by atoms with Gasteiger partial charge in [-0.05, 0) is 73.5 Å². The van der Waals surface area contributed by atoms with Crippen molar-refractivity contribution in [2.24, 2.45) is 0 Å². The SMILES string of the molecule is Cc1cc(I)ccc1NC(=O)C(=O)NCCCOC(C)C. The van der Waals surface area contributed by atoms with E-state index < -0.39 is 11.8 Å². The van der Waals surface area contributed by atoms with Gasteiger partial charge in [0.25, 0.3) is 0 Å². The Labute approximate surface area is 139 Å². The number of hydrogen-bond acceptors (Lipinski definition) is 3. The van der Waals surface area contributed by atoms with Crippen LogP contribution in [-0.2, 0) is 14.3 Å². The fourth-order valence-corrected chi connectivity index (χ4v) is 2.27. The van der Waals surface area contributed by atoms with Crippen LogP contribution in [0.5, 0.6) is 0 Å². The van der Waals surface area contributed by atoms with Crippen LogP contribution in [0, 0.1) is 10.5 Å². The van der Waals surface area contributed by atoms with E-state index in [0.717, 1.165) is 9.13 Å². The summed E-state index contributed by atoms with van der Waals surface area (Å²) in [4.78, 5) is 23.4. The van der Waals surface area contributed by atoms with Crippen LogP contribution in [0.4, 0.5) is 5.69 Å². The molecule has 2 amide bonds. The van der Waals surface area contributed by atoms with Gasteiger partial charge in [0.15, 0.2) is 0 Å². The summed E-state index contributed by atoms with van der Waals surface area (Å²) in [6.45, 7) is 6.78. The van der Waals surface area contributed by atoms with Gasteiger partial charge in [0.1, 0.15) is 0 Å². The third-order valence-electron chi connectivity index (χ3n) is 2.70. The summed E-state index contributed by atoms with van der Waals surface area (Å²) < 4.78 is 6.44. The van der Waals surface area contributed by atoms with Crippen LogP contribution < -0.4 is 10.6 Å². The fourth-order valence-electron chi connectivity index (χ4n) is 1.62. The largest absolute Gasteiger partial charge is 0.379 e. The Kier molecular flexibility index (Phi) is 7.66. The van der Waals surface area contributed by atoms with E-state index in [1.54, 1.807) is 6.07 Å². The Morgan fingerprint density at radius 1 is 1.29 bits per heavy atom. The van der Waals surface area contributed by atoms with Gasteiger partial charge in [-0.3, -0.25) is 9.59 Å². The maximum Gasteiger partial charge on any atom is 0.313 e. The smallest absolute Gasteiger partial charge is 0.313 e. The molecule has 1 aromatic carbocycles. The molecule has 1 rings (SSSR count). The minimum Gasteiger partial charge on any atom is -0.379 e. The second-order valence-corrected chi connectivity index (χ2v) is 6.19. The van der Waals surface area contributed by atoms with E-state index in [1.807, 2.05) is 32.9 Å². The molecule has 6 heteroatoms. The van der Waals surface area contributed by atoms with Crippen molar-refractivity contribution in [3.05, 3.63) is 27.3 Å². The number of carbonyl (C=O) groups excluding carboxylic acids is 2. The molecular formula is C15H21IN2O3. The average Bonchev–Trinajstić information content (AvgIpc) is 2.40. The van der Waals surface area contributed by atoms with Crippen LogP contribution in [0.3, 0.4) is 0 Å². The summed E-state index contributed by atoms with van der Waals surface area (Å²) in [5.74, 6) is -1.28. The van der Waals surface area contributed by atoms with Gasteiger partial charge < -0.3 is 15.4 Å². The molecule has 0 fully saturated rings. The van der Waals surface area contributed by atoms with Crippen molar-refractivity contribution in [1.82, 2.24) is 5.32 Å². The average molecular weight is 404 g/mol. The lowest BCUT2D eigenvalue weighted by molar-refractivity contribution is -0.136. The van der Waals surface area contributed by atoms with E-state index in [4.69, 9.17) is 4.74 Å². The summed E-state index contributed by atoms with van der Waals surface area (Å²) in [6.07, 6.45) is 0.854. The Balaban J connectivity index is 2.36. The summed E-state index contributed by atoms with van der Waals surface area (Å²) in [7, 11) is 0. The van der Waals surface area contributed by atoms with Gasteiger partial charge in [0.05, 0.1) is 6.10 Å². The Morgan fingerprint density at radius 3 is 2.62 bits per heavy atom. The predicted octanol–water partition coefficient (Wildman–Crippen LogP) is 2.47. The molecule has 0 bridgehead atoms. The van der Waals surface area contributed by atoms with Crippen molar-refractivity contribution in [3.63, 3.8) is 0 Å². The molecule has 0 aromatic heterocycles. The number of aryl methyl sites for hydroxylation is 1. The first-order valence-electron chi connectivity index (χ1n) is 6.87. The number of halogens is 1. The van der Waals surface area contributed by atoms with Gasteiger partial charge in [-0.2, -0.15) is 0 Å². The molecule has 0 aliphatic rings. The van der Waals surface area contributed by atoms with Gasteiger partial charge in [-0.25, -0.2) is 0 Å². The first-order valence-corrected chi connectivity index (χ1v) is 7.95. The molecule has 0 aliphatic heterocycles. The fraction of sp³-hybridized carbons (Fsp3) is 0.467. The highest BCUT2D eigenvalue weighted by molar-refractivity contribution is 14.1. The third-order valence-corrected chi connectivity index (χ3v) is 3.37. The van der Waals surface area contributed by atoms with Crippen molar-refractivity contribution < 1.29 is 14.3 Å². The van der Waals surface area contributed by atoms with Crippen LogP contribution >= 0.6 is 22.6 Å². The summed E-state index contributed by atoms with van der Waals surface area (Å²) in [5, 5.41) is 5.19. The third kappa shape index (κ3) is 6.90.